The third kappa shape index (κ3) is 2.21. The van der Waals surface area contributed by atoms with E-state index in [1.54, 1.807) is 17.7 Å². The number of halogens is 1. The minimum absolute atomic E-state index is 0.106. The number of fused-ring (bicyclic) bond motifs is 1. The predicted molar refractivity (Wildman–Crippen MR) is 79.9 cm³/mol. The van der Waals surface area contributed by atoms with Gasteiger partial charge in [0.1, 0.15) is 12.1 Å². The van der Waals surface area contributed by atoms with Gasteiger partial charge in [0.25, 0.3) is 0 Å². The number of hydrogen-bond acceptors (Lipinski definition) is 4. The van der Waals surface area contributed by atoms with E-state index in [0.717, 1.165) is 17.9 Å². The fraction of sp³-hybridized carbons (Fsp3) is 0.200. The highest BCUT2D eigenvalue weighted by Crippen LogP contribution is 2.38. The average Bonchev–Trinajstić information content (AvgIpc) is 3.18. The molecule has 2 atom stereocenters. The molecule has 0 unspecified atom stereocenters. The summed E-state index contributed by atoms with van der Waals surface area (Å²) in [5.41, 5.74) is 1.06. The second kappa shape index (κ2) is 4.96. The maximum Gasteiger partial charge on any atom is 0.222 e. The van der Waals surface area contributed by atoms with Gasteiger partial charge in [0.05, 0.1) is 12.1 Å². The van der Waals surface area contributed by atoms with Crippen molar-refractivity contribution in [3.63, 3.8) is 0 Å². The highest BCUT2D eigenvalue weighted by Gasteiger charge is 2.30. The van der Waals surface area contributed by atoms with E-state index in [0.29, 0.717) is 0 Å². The molecule has 3 aromatic rings. The first-order valence-electron chi connectivity index (χ1n) is 6.76. The average molecular weight is 300 g/mol. The summed E-state index contributed by atoms with van der Waals surface area (Å²) in [5.74, 6) is 0.543. The van der Waals surface area contributed by atoms with E-state index < -0.39 is 0 Å². The summed E-state index contributed by atoms with van der Waals surface area (Å²) in [6, 6.07) is 11.1. The van der Waals surface area contributed by atoms with Crippen molar-refractivity contribution in [1.82, 2.24) is 14.8 Å². The van der Waals surface area contributed by atoms with Crippen LogP contribution in [0.2, 0.25) is 0 Å². The molecule has 0 amide bonds. The van der Waals surface area contributed by atoms with Crippen LogP contribution in [-0.4, -0.2) is 14.8 Å². The maximum absolute atomic E-state index is 13.1. The number of anilines is 1. The number of hydrogen-bond donors (Lipinski definition) is 1. The Morgan fingerprint density at radius 2 is 2.10 bits per heavy atom. The Morgan fingerprint density at radius 3 is 2.86 bits per heavy atom. The Balaban J connectivity index is 1.72. The van der Waals surface area contributed by atoms with Gasteiger partial charge in [0.2, 0.25) is 5.95 Å². The van der Waals surface area contributed by atoms with Crippen molar-refractivity contribution in [2.24, 2.45) is 0 Å². The zero-order valence-corrected chi connectivity index (χ0v) is 11.9. The van der Waals surface area contributed by atoms with Gasteiger partial charge in [-0.2, -0.15) is 10.1 Å². The normalized spacial score (nSPS) is 20.8. The highest BCUT2D eigenvalue weighted by atomic mass is 32.1. The Morgan fingerprint density at radius 1 is 1.24 bits per heavy atom. The van der Waals surface area contributed by atoms with E-state index in [4.69, 9.17) is 0 Å². The standard InChI is InChI=1S/C15H13FN4S/c16-11-5-3-10(4-6-11)12-8-13(14-2-1-7-21-14)20-15(19-12)17-9-18-20/h1-7,9,12-13H,8H2,(H,17,18,19)/t12-,13-/m1/s1. The molecule has 0 saturated heterocycles. The van der Waals surface area contributed by atoms with Crippen molar-refractivity contribution >= 4 is 17.3 Å². The van der Waals surface area contributed by atoms with Crippen molar-refractivity contribution in [2.75, 3.05) is 5.32 Å². The minimum Gasteiger partial charge on any atom is -0.348 e. The number of thiophene rings is 1. The third-order valence-electron chi connectivity index (χ3n) is 3.77. The molecule has 0 aliphatic carbocycles. The summed E-state index contributed by atoms with van der Waals surface area (Å²) in [6.07, 6.45) is 2.43. The largest absolute Gasteiger partial charge is 0.348 e. The molecule has 0 bridgehead atoms. The number of aromatic nitrogens is 3. The quantitative estimate of drug-likeness (QED) is 0.786. The van der Waals surface area contributed by atoms with Gasteiger partial charge >= 0.3 is 0 Å². The first-order valence-corrected chi connectivity index (χ1v) is 7.64. The fourth-order valence-electron chi connectivity index (χ4n) is 2.75. The van der Waals surface area contributed by atoms with Gasteiger partial charge in [-0.1, -0.05) is 18.2 Å². The molecule has 0 radical (unpaired) electrons. The van der Waals surface area contributed by atoms with Crippen LogP contribution in [0.5, 0.6) is 0 Å². The van der Waals surface area contributed by atoms with E-state index in [2.05, 4.69) is 26.8 Å². The third-order valence-corrected chi connectivity index (χ3v) is 4.75. The van der Waals surface area contributed by atoms with Gasteiger partial charge in [-0.25, -0.2) is 9.07 Å². The van der Waals surface area contributed by atoms with E-state index in [9.17, 15) is 4.39 Å². The summed E-state index contributed by atoms with van der Waals surface area (Å²) in [4.78, 5) is 5.54. The second-order valence-corrected chi connectivity index (χ2v) is 6.02. The first-order chi connectivity index (χ1) is 10.3. The smallest absolute Gasteiger partial charge is 0.222 e. The van der Waals surface area contributed by atoms with Gasteiger partial charge in [-0.05, 0) is 35.6 Å². The first kappa shape index (κ1) is 12.5. The van der Waals surface area contributed by atoms with E-state index in [1.165, 1.54) is 17.0 Å². The lowest BCUT2D eigenvalue weighted by Gasteiger charge is -2.31. The monoisotopic (exact) mass is 300 g/mol. The molecule has 2 aromatic heterocycles. The van der Waals surface area contributed by atoms with Crippen molar-refractivity contribution in [3.8, 4) is 0 Å². The van der Waals surface area contributed by atoms with E-state index in [-0.39, 0.29) is 17.9 Å². The lowest BCUT2D eigenvalue weighted by Crippen LogP contribution is -2.27. The predicted octanol–water partition coefficient (Wildman–Crippen LogP) is 3.63. The molecule has 1 aliphatic rings. The summed E-state index contributed by atoms with van der Waals surface area (Å²) >= 11 is 1.72. The molecule has 4 rings (SSSR count). The lowest BCUT2D eigenvalue weighted by molar-refractivity contribution is 0.436. The molecule has 1 aliphatic heterocycles. The molecule has 0 fully saturated rings. The van der Waals surface area contributed by atoms with E-state index >= 15 is 0 Å². The van der Waals surface area contributed by atoms with Crippen LogP contribution >= 0.6 is 11.3 Å². The molecule has 21 heavy (non-hydrogen) atoms. The lowest BCUT2D eigenvalue weighted by atomic mass is 9.97. The zero-order chi connectivity index (χ0) is 14.2. The molecule has 1 N–H and O–H groups in total. The number of benzene rings is 1. The Kier molecular flexibility index (Phi) is 2.96. The van der Waals surface area contributed by atoms with Gasteiger partial charge in [-0.3, -0.25) is 0 Å². The van der Waals surface area contributed by atoms with Gasteiger partial charge < -0.3 is 5.32 Å². The van der Waals surface area contributed by atoms with Crippen molar-refractivity contribution in [1.29, 1.82) is 0 Å². The van der Waals surface area contributed by atoms with Crippen LogP contribution in [-0.2, 0) is 0 Å². The zero-order valence-electron chi connectivity index (χ0n) is 11.1. The maximum atomic E-state index is 13.1. The summed E-state index contributed by atoms with van der Waals surface area (Å²) in [6.45, 7) is 0. The number of nitrogens with zero attached hydrogens (tertiary/aromatic N) is 3. The Bertz CT molecular complexity index is 735. The van der Waals surface area contributed by atoms with E-state index in [1.807, 2.05) is 22.9 Å². The molecule has 0 saturated carbocycles. The molecule has 3 heterocycles. The van der Waals surface area contributed by atoms with Crippen LogP contribution in [0.3, 0.4) is 0 Å². The summed E-state index contributed by atoms with van der Waals surface area (Å²) in [5, 5.41) is 9.77. The molecule has 6 heteroatoms. The van der Waals surface area contributed by atoms with Gasteiger partial charge in [0.15, 0.2) is 0 Å². The molecular formula is C15H13FN4S. The van der Waals surface area contributed by atoms with Crippen LogP contribution in [0.25, 0.3) is 0 Å². The molecular weight excluding hydrogens is 287 g/mol. The van der Waals surface area contributed by atoms with Crippen molar-refractivity contribution < 1.29 is 4.39 Å². The van der Waals surface area contributed by atoms with Crippen molar-refractivity contribution in [3.05, 3.63) is 64.4 Å². The molecule has 1 aromatic carbocycles. The molecule has 106 valence electrons. The Labute approximate surface area is 125 Å². The van der Waals surface area contributed by atoms with Crippen LogP contribution in [0, 0.1) is 5.82 Å². The summed E-state index contributed by atoms with van der Waals surface area (Å²) in [7, 11) is 0. The number of nitrogens with one attached hydrogen (secondary N) is 1. The molecule has 4 nitrogen and oxygen atoms in total. The Hall–Kier alpha value is -2.21. The molecule has 0 spiro atoms. The SMILES string of the molecule is Fc1ccc([C@H]2C[C@H](c3cccs3)n3ncnc3N2)cc1. The second-order valence-electron chi connectivity index (χ2n) is 5.04. The number of rotatable bonds is 2. The highest BCUT2D eigenvalue weighted by molar-refractivity contribution is 7.10. The van der Waals surface area contributed by atoms with Crippen LogP contribution in [0.15, 0.2) is 48.1 Å². The summed E-state index contributed by atoms with van der Waals surface area (Å²) < 4.78 is 15.0. The fourth-order valence-corrected chi connectivity index (χ4v) is 3.58. The van der Waals surface area contributed by atoms with Crippen LogP contribution in [0.4, 0.5) is 10.3 Å². The minimum atomic E-state index is -0.215. The van der Waals surface area contributed by atoms with Crippen LogP contribution < -0.4 is 5.32 Å². The van der Waals surface area contributed by atoms with Crippen LogP contribution in [0.1, 0.15) is 28.9 Å². The van der Waals surface area contributed by atoms with Crippen molar-refractivity contribution in [2.45, 2.75) is 18.5 Å². The topological polar surface area (TPSA) is 42.7 Å². The van der Waals surface area contributed by atoms with Gasteiger partial charge in [0, 0.05) is 4.88 Å². The van der Waals surface area contributed by atoms with Gasteiger partial charge in [-0.15, -0.1) is 11.3 Å².